The molecule has 0 radical (unpaired) electrons. The summed E-state index contributed by atoms with van der Waals surface area (Å²) in [7, 11) is 1.63. The maximum absolute atomic E-state index is 13.7. The van der Waals surface area contributed by atoms with Crippen molar-refractivity contribution >= 4 is 51.9 Å². The first-order valence-corrected chi connectivity index (χ1v) is 14.5. The average Bonchev–Trinajstić information content (AvgIpc) is 3.52. The Kier molecular flexibility index (Phi) is 7.83. The number of carbonyl (C=O) groups is 1. The van der Waals surface area contributed by atoms with Gasteiger partial charge in [0.1, 0.15) is 11.5 Å². The van der Waals surface area contributed by atoms with Gasteiger partial charge in [-0.2, -0.15) is 0 Å². The zero-order valence-electron chi connectivity index (χ0n) is 23.0. The molecule has 0 aliphatic carbocycles. The van der Waals surface area contributed by atoms with E-state index in [9.17, 15) is 4.79 Å². The van der Waals surface area contributed by atoms with Crippen molar-refractivity contribution in [1.82, 2.24) is 4.90 Å². The summed E-state index contributed by atoms with van der Waals surface area (Å²) in [5, 5.41) is 1.23. The number of anilines is 1. The molecule has 2 aromatic carbocycles. The summed E-state index contributed by atoms with van der Waals surface area (Å²) >= 11 is 8.23. The Labute approximate surface area is 239 Å². The number of thioether (sulfide) groups is 1. The molecule has 1 saturated heterocycles. The normalized spacial score (nSPS) is 20.7. The minimum Gasteiger partial charge on any atom is -0.497 e. The van der Waals surface area contributed by atoms with Crippen molar-refractivity contribution in [1.29, 1.82) is 0 Å². The second-order valence-corrected chi connectivity index (χ2v) is 12.1. The highest BCUT2D eigenvalue weighted by molar-refractivity contribution is 8.18. The zero-order chi connectivity index (χ0) is 27.7. The minimum atomic E-state index is -0.126. The van der Waals surface area contributed by atoms with E-state index in [1.165, 1.54) is 23.0 Å². The smallest absolute Gasteiger partial charge is 0.267 e. The van der Waals surface area contributed by atoms with Crippen molar-refractivity contribution in [2.45, 2.75) is 58.5 Å². The number of nitrogens with zero attached hydrogens (tertiary/aromatic N) is 3. The van der Waals surface area contributed by atoms with E-state index in [1.54, 1.807) is 18.3 Å². The predicted molar refractivity (Wildman–Crippen MR) is 161 cm³/mol. The Bertz CT molecular complexity index is 1410. The molecular formula is C31H34ClN3O3S. The largest absolute Gasteiger partial charge is 0.497 e. The van der Waals surface area contributed by atoms with Gasteiger partial charge in [0.2, 0.25) is 0 Å². The van der Waals surface area contributed by atoms with Crippen molar-refractivity contribution in [3.05, 3.63) is 81.6 Å². The van der Waals surface area contributed by atoms with Gasteiger partial charge in [0.25, 0.3) is 5.91 Å². The summed E-state index contributed by atoms with van der Waals surface area (Å²) in [5.41, 5.74) is 4.10. The van der Waals surface area contributed by atoms with Crippen molar-refractivity contribution in [3.63, 3.8) is 0 Å². The maximum Gasteiger partial charge on any atom is 0.267 e. The van der Waals surface area contributed by atoms with Crippen molar-refractivity contribution in [2.24, 2.45) is 4.99 Å². The van der Waals surface area contributed by atoms with Crippen molar-refractivity contribution in [3.8, 4) is 5.75 Å². The molecule has 3 heterocycles. The quantitative estimate of drug-likeness (QED) is 0.271. The van der Waals surface area contributed by atoms with Crippen LogP contribution in [-0.4, -0.2) is 35.2 Å². The highest BCUT2D eigenvalue weighted by Gasteiger charge is 2.37. The first-order valence-electron chi connectivity index (χ1n) is 13.3. The van der Waals surface area contributed by atoms with Crippen LogP contribution in [0.25, 0.3) is 6.08 Å². The highest BCUT2D eigenvalue weighted by Crippen LogP contribution is 2.46. The number of hydrogen-bond acceptors (Lipinski definition) is 6. The summed E-state index contributed by atoms with van der Waals surface area (Å²) in [6, 6.07) is 15.4. The van der Waals surface area contributed by atoms with E-state index in [-0.39, 0.29) is 11.4 Å². The van der Waals surface area contributed by atoms with E-state index in [4.69, 9.17) is 25.7 Å². The number of benzene rings is 2. The summed E-state index contributed by atoms with van der Waals surface area (Å²) in [6.07, 6.45) is 5.63. The molecule has 1 fully saturated rings. The number of ether oxygens (including phenoxy) is 1. The van der Waals surface area contributed by atoms with Gasteiger partial charge in [0, 0.05) is 22.8 Å². The van der Waals surface area contributed by atoms with Crippen LogP contribution < -0.4 is 9.64 Å². The first-order chi connectivity index (χ1) is 18.7. The Morgan fingerprint density at radius 1 is 1.23 bits per heavy atom. The van der Waals surface area contributed by atoms with Crippen LogP contribution in [0.15, 0.2) is 69.1 Å². The van der Waals surface area contributed by atoms with E-state index in [0.29, 0.717) is 33.3 Å². The monoisotopic (exact) mass is 563 g/mol. The van der Waals surface area contributed by atoms with Gasteiger partial charge in [0.15, 0.2) is 5.17 Å². The van der Waals surface area contributed by atoms with Crippen LogP contribution in [0.4, 0.5) is 11.4 Å². The third-order valence-corrected chi connectivity index (χ3v) is 8.65. The molecule has 1 amide bonds. The molecule has 5 rings (SSSR count). The lowest BCUT2D eigenvalue weighted by atomic mass is 9.79. The molecule has 39 heavy (non-hydrogen) atoms. The standard InChI is InChI=1S/C31H34ClN3O3S/c1-6-13-35-27-17-26(32)21(15-25(27)20(2)18-31(35,3)4)16-28-29(36)34(19-24-8-7-14-38-24)30(39-28)33-22-9-11-23(37-5)12-10-22/h7-12,14-17,20H,6,13,18-19H2,1-5H3/b28-16+,33-30?. The fourth-order valence-corrected chi connectivity index (χ4v) is 6.68. The molecule has 2 aliphatic rings. The van der Waals surface area contributed by atoms with Gasteiger partial charge in [-0.1, -0.05) is 25.4 Å². The highest BCUT2D eigenvalue weighted by atomic mass is 35.5. The van der Waals surface area contributed by atoms with Gasteiger partial charge >= 0.3 is 0 Å². The van der Waals surface area contributed by atoms with Gasteiger partial charge < -0.3 is 14.1 Å². The first kappa shape index (κ1) is 27.4. The molecule has 2 aliphatic heterocycles. The van der Waals surface area contributed by atoms with Crippen LogP contribution >= 0.6 is 23.4 Å². The number of amides is 1. The van der Waals surface area contributed by atoms with Crippen LogP contribution in [-0.2, 0) is 11.3 Å². The minimum absolute atomic E-state index is 0.0577. The van der Waals surface area contributed by atoms with Gasteiger partial charge in [0.05, 0.1) is 30.5 Å². The molecule has 3 aromatic rings. The Morgan fingerprint density at radius 2 is 2.00 bits per heavy atom. The van der Waals surface area contributed by atoms with Crippen molar-refractivity contribution < 1.29 is 13.9 Å². The molecule has 0 saturated carbocycles. The van der Waals surface area contributed by atoms with Gasteiger partial charge in [-0.15, -0.1) is 0 Å². The number of fused-ring (bicyclic) bond motifs is 1. The van der Waals surface area contributed by atoms with Gasteiger partial charge in [-0.05, 0) is 110 Å². The summed E-state index contributed by atoms with van der Waals surface area (Å²) < 4.78 is 10.8. The second kappa shape index (κ2) is 11.1. The van der Waals surface area contributed by atoms with Gasteiger partial charge in [-0.25, -0.2) is 4.99 Å². The lowest BCUT2D eigenvalue weighted by Gasteiger charge is -2.47. The van der Waals surface area contributed by atoms with Gasteiger partial charge in [-0.3, -0.25) is 9.69 Å². The molecule has 0 spiro atoms. The van der Waals surface area contributed by atoms with Crippen LogP contribution in [0.1, 0.15) is 63.3 Å². The lowest BCUT2D eigenvalue weighted by Crippen LogP contribution is -2.48. The second-order valence-electron chi connectivity index (χ2n) is 10.7. The molecule has 1 unspecified atom stereocenters. The zero-order valence-corrected chi connectivity index (χ0v) is 24.6. The SMILES string of the molecule is CCCN1c2cc(Cl)c(/C=C3/SC(=Nc4ccc(OC)cc4)N(Cc4ccco4)C3=O)cc2C(C)CC1(C)C. The number of aliphatic imine (C=N–C) groups is 1. The predicted octanol–water partition coefficient (Wildman–Crippen LogP) is 8.25. The Balaban J connectivity index is 1.52. The Morgan fingerprint density at radius 3 is 2.67 bits per heavy atom. The average molecular weight is 564 g/mol. The van der Waals surface area contributed by atoms with E-state index in [2.05, 4.69) is 44.7 Å². The fraction of sp³-hybridized carbons (Fsp3) is 0.355. The molecule has 0 bridgehead atoms. The number of methoxy groups -OCH3 is 1. The third-order valence-electron chi connectivity index (χ3n) is 7.32. The Hall–Kier alpha value is -3.16. The number of halogens is 1. The molecule has 1 atom stereocenters. The van der Waals surface area contributed by atoms with E-state index in [1.807, 2.05) is 42.5 Å². The molecule has 6 nitrogen and oxygen atoms in total. The summed E-state index contributed by atoms with van der Waals surface area (Å²) in [5.74, 6) is 1.69. The third kappa shape index (κ3) is 5.61. The molecule has 1 aromatic heterocycles. The molecule has 8 heteroatoms. The number of carbonyl (C=O) groups excluding carboxylic acids is 1. The number of amidine groups is 1. The number of hydrogen-bond donors (Lipinski definition) is 0. The topological polar surface area (TPSA) is 58.3 Å². The molecular weight excluding hydrogens is 530 g/mol. The van der Waals surface area contributed by atoms with Crippen molar-refractivity contribution in [2.75, 3.05) is 18.6 Å². The van der Waals surface area contributed by atoms with Crippen LogP contribution in [0.2, 0.25) is 5.02 Å². The van der Waals surface area contributed by atoms with Crippen LogP contribution in [0, 0.1) is 0 Å². The summed E-state index contributed by atoms with van der Waals surface area (Å²) in [6.45, 7) is 10.4. The lowest BCUT2D eigenvalue weighted by molar-refractivity contribution is -0.122. The van der Waals surface area contributed by atoms with E-state index in [0.717, 1.165) is 36.4 Å². The van der Waals surface area contributed by atoms with E-state index < -0.39 is 0 Å². The molecule has 204 valence electrons. The summed E-state index contributed by atoms with van der Waals surface area (Å²) in [4.78, 5) is 23.2. The fourth-order valence-electron chi connectivity index (χ4n) is 5.48. The molecule has 0 N–H and O–H groups in total. The number of rotatable bonds is 7. The maximum atomic E-state index is 13.7. The van der Waals surface area contributed by atoms with Crippen LogP contribution in [0.5, 0.6) is 5.75 Å². The van der Waals surface area contributed by atoms with Crippen LogP contribution in [0.3, 0.4) is 0 Å². The van der Waals surface area contributed by atoms with E-state index >= 15 is 0 Å². The number of furan rings is 1.